The lowest BCUT2D eigenvalue weighted by Crippen LogP contribution is -1.89. The molecule has 250 valence electrons. The Hall–Kier alpha value is -6.32. The maximum atomic E-state index is 2.41. The zero-order chi connectivity index (χ0) is 35.3. The van der Waals surface area contributed by atoms with Gasteiger partial charge in [0.1, 0.15) is 0 Å². The van der Waals surface area contributed by atoms with Crippen LogP contribution in [0.25, 0.3) is 117 Å². The molecule has 0 aliphatic heterocycles. The summed E-state index contributed by atoms with van der Waals surface area (Å²) in [6.07, 6.45) is 0. The van der Waals surface area contributed by atoms with Crippen molar-refractivity contribution in [2.45, 2.75) is 0 Å². The molecule has 0 atom stereocenters. The van der Waals surface area contributed by atoms with Crippen molar-refractivity contribution in [3.8, 4) is 44.5 Å². The van der Waals surface area contributed by atoms with E-state index in [9.17, 15) is 0 Å². The van der Waals surface area contributed by atoms with Crippen LogP contribution in [0.4, 0.5) is 0 Å². The lowest BCUT2D eigenvalue weighted by atomic mass is 9.87. The van der Waals surface area contributed by atoms with E-state index in [2.05, 4.69) is 182 Å². The second-order valence-corrected chi connectivity index (χ2v) is 16.5. The first-order valence-electron chi connectivity index (χ1n) is 18.5. The molecule has 0 radical (unpaired) electrons. The SMILES string of the molecule is c1ccc(-c2cccc3c2sc2cc(-c4ccc5ccc6c(-c7ccc8c(c7)sc7c(-c9ccccc9)cccc78)ccc7ccc4c5c76)ccc23)cc1. The highest BCUT2D eigenvalue weighted by Crippen LogP contribution is 2.46. The third-order valence-corrected chi connectivity index (χ3v) is 13.9. The van der Waals surface area contributed by atoms with Gasteiger partial charge in [0.15, 0.2) is 0 Å². The van der Waals surface area contributed by atoms with Crippen molar-refractivity contribution in [2.75, 3.05) is 0 Å². The molecule has 12 rings (SSSR count). The molecule has 0 spiro atoms. The van der Waals surface area contributed by atoms with E-state index in [0.29, 0.717) is 0 Å². The van der Waals surface area contributed by atoms with Gasteiger partial charge in [-0.3, -0.25) is 0 Å². The molecule has 0 unspecified atom stereocenters. The smallest absolute Gasteiger partial charge is 0.0433 e. The predicted octanol–water partition coefficient (Wildman–Crippen LogP) is 16.0. The van der Waals surface area contributed by atoms with E-state index < -0.39 is 0 Å². The van der Waals surface area contributed by atoms with Gasteiger partial charge in [0.25, 0.3) is 0 Å². The third kappa shape index (κ3) is 4.42. The first-order valence-corrected chi connectivity index (χ1v) is 20.1. The predicted molar refractivity (Wildman–Crippen MR) is 238 cm³/mol. The monoisotopic (exact) mass is 718 g/mol. The van der Waals surface area contributed by atoms with Crippen LogP contribution in [0.2, 0.25) is 0 Å². The van der Waals surface area contributed by atoms with Crippen LogP contribution in [0.3, 0.4) is 0 Å². The van der Waals surface area contributed by atoms with Crippen LogP contribution < -0.4 is 0 Å². The lowest BCUT2D eigenvalue weighted by Gasteiger charge is -2.16. The number of rotatable bonds is 4. The van der Waals surface area contributed by atoms with Crippen molar-refractivity contribution < 1.29 is 0 Å². The number of benzene rings is 10. The van der Waals surface area contributed by atoms with Gasteiger partial charge in [0.05, 0.1) is 0 Å². The second kappa shape index (κ2) is 11.6. The fourth-order valence-corrected chi connectivity index (χ4v) is 11.5. The standard InChI is InChI=1S/C52H30S2/c1-3-9-31(10-4-1)39-13-7-15-45-41-25-21-35(29-47(41)53-51(39)45)37-23-17-33-20-28-44-38(24-18-34-19-27-43(37)49(33)50(34)44)36-22-26-42-46-16-8-14-40(32-11-5-2-6-12-32)52(46)54-48(42)30-36/h1-30H. The maximum Gasteiger partial charge on any atom is 0.0433 e. The average molecular weight is 719 g/mol. The Morgan fingerprint density at radius 3 is 1.15 bits per heavy atom. The van der Waals surface area contributed by atoms with Gasteiger partial charge in [0.2, 0.25) is 0 Å². The quantitative estimate of drug-likeness (QED) is 0.159. The van der Waals surface area contributed by atoms with E-state index in [1.807, 2.05) is 22.7 Å². The van der Waals surface area contributed by atoms with Crippen LogP contribution in [0, 0.1) is 0 Å². The maximum absolute atomic E-state index is 2.41. The Kier molecular flexibility index (Phi) is 6.48. The van der Waals surface area contributed by atoms with Crippen LogP contribution >= 0.6 is 22.7 Å². The summed E-state index contributed by atoms with van der Waals surface area (Å²) in [6.45, 7) is 0. The van der Waals surface area contributed by atoms with Gasteiger partial charge in [-0.05, 0) is 89.0 Å². The van der Waals surface area contributed by atoms with Gasteiger partial charge in [-0.2, -0.15) is 0 Å². The van der Waals surface area contributed by atoms with Crippen LogP contribution in [0.15, 0.2) is 182 Å². The molecule has 2 aromatic heterocycles. The molecule has 0 aliphatic carbocycles. The summed E-state index contributed by atoms with van der Waals surface area (Å²) in [4.78, 5) is 0. The highest BCUT2D eigenvalue weighted by Gasteiger charge is 2.18. The zero-order valence-electron chi connectivity index (χ0n) is 29.1. The fraction of sp³-hybridized carbons (Fsp3) is 0. The molecular weight excluding hydrogens is 689 g/mol. The van der Waals surface area contributed by atoms with Crippen LogP contribution in [0.5, 0.6) is 0 Å². The van der Waals surface area contributed by atoms with Gasteiger partial charge >= 0.3 is 0 Å². The minimum atomic E-state index is 1.26. The summed E-state index contributed by atoms with van der Waals surface area (Å²) >= 11 is 3.81. The largest absolute Gasteiger partial charge is 0.135 e. The molecule has 0 N–H and O–H groups in total. The molecule has 10 aromatic carbocycles. The summed E-state index contributed by atoms with van der Waals surface area (Å²) < 4.78 is 5.35. The Balaban J connectivity index is 1.02. The van der Waals surface area contributed by atoms with Crippen molar-refractivity contribution in [1.29, 1.82) is 0 Å². The fourth-order valence-electron chi connectivity index (χ4n) is 8.93. The van der Waals surface area contributed by atoms with Crippen molar-refractivity contribution in [2.24, 2.45) is 0 Å². The molecule has 0 saturated carbocycles. The summed E-state index contributed by atoms with van der Waals surface area (Å²) in [5.74, 6) is 0. The van der Waals surface area contributed by atoms with Gasteiger partial charge in [-0.1, -0.05) is 170 Å². The van der Waals surface area contributed by atoms with Gasteiger partial charge in [-0.25, -0.2) is 0 Å². The number of thiophene rings is 2. The van der Waals surface area contributed by atoms with Crippen molar-refractivity contribution in [3.05, 3.63) is 182 Å². The molecule has 0 nitrogen and oxygen atoms in total. The molecule has 0 aliphatic rings. The topological polar surface area (TPSA) is 0 Å². The van der Waals surface area contributed by atoms with E-state index in [1.54, 1.807) is 0 Å². The molecule has 0 saturated heterocycles. The highest BCUT2D eigenvalue weighted by molar-refractivity contribution is 7.26. The third-order valence-electron chi connectivity index (χ3n) is 11.5. The Morgan fingerprint density at radius 2 is 0.685 bits per heavy atom. The molecule has 12 aromatic rings. The van der Waals surface area contributed by atoms with Crippen molar-refractivity contribution in [3.63, 3.8) is 0 Å². The summed E-state index contributed by atoms with van der Waals surface area (Å²) in [7, 11) is 0. The molecule has 0 fully saturated rings. The minimum absolute atomic E-state index is 1.26. The molecular formula is C52H30S2. The zero-order valence-corrected chi connectivity index (χ0v) is 30.8. The first kappa shape index (κ1) is 30.2. The Morgan fingerprint density at radius 1 is 0.259 bits per heavy atom. The molecule has 0 bridgehead atoms. The van der Waals surface area contributed by atoms with E-state index >= 15 is 0 Å². The summed E-state index contributed by atoms with van der Waals surface area (Å²) in [5, 5.41) is 13.2. The number of hydrogen-bond acceptors (Lipinski definition) is 2. The molecule has 2 heteroatoms. The summed E-state index contributed by atoms with van der Waals surface area (Å²) in [5.41, 5.74) is 10.2. The highest BCUT2D eigenvalue weighted by atomic mass is 32.1. The van der Waals surface area contributed by atoms with Gasteiger partial charge < -0.3 is 0 Å². The van der Waals surface area contributed by atoms with Crippen LogP contribution in [0.1, 0.15) is 0 Å². The van der Waals surface area contributed by atoms with E-state index in [1.165, 1.54) is 117 Å². The molecule has 0 amide bonds. The van der Waals surface area contributed by atoms with E-state index in [-0.39, 0.29) is 0 Å². The van der Waals surface area contributed by atoms with E-state index in [4.69, 9.17) is 0 Å². The van der Waals surface area contributed by atoms with E-state index in [0.717, 1.165) is 0 Å². The molecule has 54 heavy (non-hydrogen) atoms. The second-order valence-electron chi connectivity index (χ2n) is 14.4. The number of hydrogen-bond donors (Lipinski definition) is 0. The minimum Gasteiger partial charge on any atom is -0.135 e. The van der Waals surface area contributed by atoms with Gasteiger partial charge in [0, 0.05) is 40.3 Å². The first-order chi connectivity index (χ1) is 26.8. The lowest BCUT2D eigenvalue weighted by molar-refractivity contribution is 1.67. The van der Waals surface area contributed by atoms with Crippen molar-refractivity contribution >= 4 is 95.3 Å². The average Bonchev–Trinajstić information content (AvgIpc) is 3.81. The Bertz CT molecular complexity index is 3190. The van der Waals surface area contributed by atoms with Crippen LogP contribution in [-0.2, 0) is 0 Å². The Labute approximate surface area is 320 Å². The molecule has 2 heterocycles. The van der Waals surface area contributed by atoms with Crippen molar-refractivity contribution in [1.82, 2.24) is 0 Å². The van der Waals surface area contributed by atoms with Crippen LogP contribution in [-0.4, -0.2) is 0 Å². The number of fused-ring (bicyclic) bond motifs is 6. The normalized spacial score (nSPS) is 12.1. The van der Waals surface area contributed by atoms with Gasteiger partial charge in [-0.15, -0.1) is 22.7 Å². The summed E-state index contributed by atoms with van der Waals surface area (Å²) in [6, 6.07) is 67.7.